The van der Waals surface area contributed by atoms with Gasteiger partial charge in [-0.2, -0.15) is 4.98 Å². The van der Waals surface area contributed by atoms with Crippen molar-refractivity contribution in [1.82, 2.24) is 15.6 Å². The molecule has 4 rings (SSSR count). The predicted octanol–water partition coefficient (Wildman–Crippen LogP) is 4.32. The number of halogens is 2. The molecule has 2 N–H and O–H groups in total. The first-order chi connectivity index (χ1) is 13.8. The smallest absolute Gasteiger partial charge is 0.298 e. The van der Waals surface area contributed by atoms with Crippen LogP contribution < -0.4 is 15.5 Å². The molecule has 6 nitrogen and oxygen atoms in total. The lowest BCUT2D eigenvalue weighted by molar-refractivity contribution is -0.125. The van der Waals surface area contributed by atoms with Gasteiger partial charge in [0, 0.05) is 38.1 Å². The summed E-state index contributed by atoms with van der Waals surface area (Å²) in [7, 11) is 0. The Hall–Kier alpha value is -1.50. The van der Waals surface area contributed by atoms with E-state index < -0.39 is 0 Å². The molecule has 1 aliphatic carbocycles. The number of piperidine rings is 1. The van der Waals surface area contributed by atoms with Gasteiger partial charge >= 0.3 is 0 Å². The fraction of sp³-hybridized carbons (Fsp3) is 0.636. The maximum Gasteiger partial charge on any atom is 0.298 e. The molecule has 168 valence electrons. The minimum Gasteiger partial charge on any atom is -0.423 e. The first kappa shape index (κ1) is 24.8. The van der Waals surface area contributed by atoms with Crippen LogP contribution >= 0.6 is 24.8 Å². The van der Waals surface area contributed by atoms with Crippen LogP contribution in [-0.4, -0.2) is 43.1 Å². The Kier molecular flexibility index (Phi) is 10.2. The number of carbonyl (C=O) groups excluding carboxylic acids is 1. The third kappa shape index (κ3) is 6.50. The van der Waals surface area contributed by atoms with Crippen molar-refractivity contribution >= 4 is 47.8 Å². The van der Waals surface area contributed by atoms with Gasteiger partial charge in [0.15, 0.2) is 5.58 Å². The maximum atomic E-state index is 12.5. The number of nitrogens with zero attached hydrogens (tertiary/aromatic N) is 2. The molecular weight excluding hydrogens is 423 g/mol. The number of anilines is 1. The first-order valence-corrected chi connectivity index (χ1v) is 10.9. The summed E-state index contributed by atoms with van der Waals surface area (Å²) in [5, 5.41) is 6.74. The molecule has 1 aromatic carbocycles. The Bertz CT molecular complexity index is 736. The fourth-order valence-corrected chi connectivity index (χ4v) is 4.42. The van der Waals surface area contributed by atoms with E-state index >= 15 is 0 Å². The zero-order valence-electron chi connectivity index (χ0n) is 17.5. The minimum absolute atomic E-state index is 0. The largest absolute Gasteiger partial charge is 0.423 e. The average molecular weight is 457 g/mol. The second-order valence-electron chi connectivity index (χ2n) is 8.16. The Balaban J connectivity index is 0.00000160. The summed E-state index contributed by atoms with van der Waals surface area (Å²) in [4.78, 5) is 19.2. The second-order valence-corrected chi connectivity index (χ2v) is 8.16. The fourth-order valence-electron chi connectivity index (χ4n) is 4.42. The van der Waals surface area contributed by atoms with E-state index in [1.165, 1.54) is 38.5 Å². The molecule has 0 atom stereocenters. The van der Waals surface area contributed by atoms with Gasteiger partial charge in [-0.3, -0.25) is 4.79 Å². The Morgan fingerprint density at radius 1 is 1.00 bits per heavy atom. The second kappa shape index (κ2) is 12.4. The molecule has 1 amide bonds. The van der Waals surface area contributed by atoms with Crippen LogP contribution in [0.2, 0.25) is 0 Å². The van der Waals surface area contributed by atoms with E-state index in [4.69, 9.17) is 4.42 Å². The normalized spacial score (nSPS) is 18.3. The first-order valence-electron chi connectivity index (χ1n) is 10.9. The van der Waals surface area contributed by atoms with Crippen LogP contribution in [0.3, 0.4) is 0 Å². The summed E-state index contributed by atoms with van der Waals surface area (Å²) in [6.45, 7) is 3.22. The number of benzene rings is 1. The molecule has 1 aromatic heterocycles. The highest BCUT2D eigenvalue weighted by Crippen LogP contribution is 2.26. The van der Waals surface area contributed by atoms with Gasteiger partial charge < -0.3 is 20.0 Å². The monoisotopic (exact) mass is 456 g/mol. The highest BCUT2D eigenvalue weighted by Gasteiger charge is 2.27. The minimum atomic E-state index is 0. The van der Waals surface area contributed by atoms with E-state index in [9.17, 15) is 4.79 Å². The van der Waals surface area contributed by atoms with E-state index in [0.29, 0.717) is 12.1 Å². The third-order valence-electron chi connectivity index (χ3n) is 6.13. The molecule has 0 bridgehead atoms. The summed E-state index contributed by atoms with van der Waals surface area (Å²) in [6, 6.07) is 9.14. The van der Waals surface area contributed by atoms with Crippen LogP contribution in [0.5, 0.6) is 0 Å². The summed E-state index contributed by atoms with van der Waals surface area (Å²) >= 11 is 0. The number of hydrogen-bond donors (Lipinski definition) is 2. The SMILES string of the molecule is Cl.Cl.O=C(NCCNC1CCCCCC1)C1CCN(c2nc3ccccc3o2)CC1. The van der Waals surface area contributed by atoms with Crippen molar-refractivity contribution in [2.75, 3.05) is 31.1 Å². The van der Waals surface area contributed by atoms with Gasteiger partial charge in [-0.05, 0) is 37.8 Å². The van der Waals surface area contributed by atoms with Gasteiger partial charge in [-0.1, -0.05) is 37.8 Å². The van der Waals surface area contributed by atoms with Crippen LogP contribution in [0.25, 0.3) is 11.1 Å². The van der Waals surface area contributed by atoms with Crippen molar-refractivity contribution in [3.8, 4) is 0 Å². The molecule has 0 radical (unpaired) electrons. The molecule has 2 aromatic rings. The molecule has 1 aliphatic heterocycles. The van der Waals surface area contributed by atoms with Gasteiger partial charge in [0.25, 0.3) is 6.01 Å². The number of carbonyl (C=O) groups is 1. The molecule has 8 heteroatoms. The number of oxazole rings is 1. The third-order valence-corrected chi connectivity index (χ3v) is 6.13. The number of hydrogen-bond acceptors (Lipinski definition) is 5. The van der Waals surface area contributed by atoms with E-state index in [1.54, 1.807) is 0 Å². The van der Waals surface area contributed by atoms with E-state index in [1.807, 2.05) is 24.3 Å². The standard InChI is InChI=1S/C22H32N4O2.2ClH/c27-21(24-14-13-23-18-7-3-1-2-4-8-18)17-11-15-26(16-12-17)22-25-19-9-5-6-10-20(19)28-22;;/h5-6,9-10,17-18,23H,1-4,7-8,11-16H2,(H,24,27);2*1H. The van der Waals surface area contributed by atoms with Crippen LogP contribution in [0.1, 0.15) is 51.4 Å². The summed E-state index contributed by atoms with van der Waals surface area (Å²) in [5.41, 5.74) is 1.71. The quantitative estimate of drug-likeness (QED) is 0.500. The van der Waals surface area contributed by atoms with Crippen molar-refractivity contribution in [2.24, 2.45) is 5.92 Å². The van der Waals surface area contributed by atoms with Gasteiger partial charge in [0.1, 0.15) is 5.52 Å². The molecule has 2 fully saturated rings. The summed E-state index contributed by atoms with van der Waals surface area (Å²) in [5.74, 6) is 0.290. The van der Waals surface area contributed by atoms with Crippen molar-refractivity contribution in [3.05, 3.63) is 24.3 Å². The number of aromatic nitrogens is 1. The summed E-state index contributed by atoms with van der Waals surface area (Å²) < 4.78 is 5.86. The molecule has 1 saturated heterocycles. The highest BCUT2D eigenvalue weighted by molar-refractivity contribution is 5.85. The van der Waals surface area contributed by atoms with Crippen molar-refractivity contribution in [1.29, 1.82) is 0 Å². The number of rotatable bonds is 6. The topological polar surface area (TPSA) is 70.4 Å². The van der Waals surface area contributed by atoms with Crippen molar-refractivity contribution < 1.29 is 9.21 Å². The molecular formula is C22H34Cl2N4O2. The number of para-hydroxylation sites is 2. The lowest BCUT2D eigenvalue weighted by Gasteiger charge is -2.30. The van der Waals surface area contributed by atoms with Gasteiger partial charge in [0.2, 0.25) is 5.91 Å². The average Bonchev–Trinajstić information content (AvgIpc) is 3.00. The predicted molar refractivity (Wildman–Crippen MR) is 126 cm³/mol. The Morgan fingerprint density at radius 2 is 1.70 bits per heavy atom. The Labute approximate surface area is 191 Å². The van der Waals surface area contributed by atoms with Gasteiger partial charge in [0.05, 0.1) is 0 Å². The van der Waals surface area contributed by atoms with E-state index in [0.717, 1.165) is 50.1 Å². The van der Waals surface area contributed by atoms with Crippen LogP contribution in [0.4, 0.5) is 6.01 Å². The lowest BCUT2D eigenvalue weighted by Crippen LogP contribution is -2.43. The van der Waals surface area contributed by atoms with Crippen LogP contribution in [-0.2, 0) is 4.79 Å². The molecule has 2 heterocycles. The number of amides is 1. The van der Waals surface area contributed by atoms with Crippen molar-refractivity contribution in [2.45, 2.75) is 57.4 Å². The van der Waals surface area contributed by atoms with Gasteiger partial charge in [-0.25, -0.2) is 0 Å². The molecule has 0 unspecified atom stereocenters. The van der Waals surface area contributed by atoms with E-state index in [2.05, 4.69) is 20.5 Å². The van der Waals surface area contributed by atoms with Crippen LogP contribution in [0, 0.1) is 5.92 Å². The van der Waals surface area contributed by atoms with Gasteiger partial charge in [-0.15, -0.1) is 24.8 Å². The van der Waals surface area contributed by atoms with Crippen molar-refractivity contribution in [3.63, 3.8) is 0 Å². The maximum absolute atomic E-state index is 12.5. The van der Waals surface area contributed by atoms with Crippen LogP contribution in [0.15, 0.2) is 28.7 Å². The number of nitrogens with one attached hydrogen (secondary N) is 2. The van der Waals surface area contributed by atoms with E-state index in [-0.39, 0.29) is 36.6 Å². The Morgan fingerprint density at radius 3 is 2.40 bits per heavy atom. The zero-order chi connectivity index (χ0) is 19.2. The highest BCUT2D eigenvalue weighted by atomic mass is 35.5. The summed E-state index contributed by atoms with van der Waals surface area (Å²) in [6.07, 6.45) is 9.67. The number of fused-ring (bicyclic) bond motifs is 1. The molecule has 1 saturated carbocycles. The molecule has 30 heavy (non-hydrogen) atoms. The molecule has 2 aliphatic rings. The lowest BCUT2D eigenvalue weighted by atomic mass is 9.96. The molecule has 0 spiro atoms. The zero-order valence-corrected chi connectivity index (χ0v) is 19.1.